The lowest BCUT2D eigenvalue weighted by Crippen LogP contribution is -2.14. The Kier molecular flexibility index (Phi) is 3.06. The minimum Gasteiger partial charge on any atom is -0.399 e. The van der Waals surface area contributed by atoms with E-state index in [2.05, 4.69) is 0 Å². The van der Waals surface area contributed by atoms with E-state index in [9.17, 15) is 8.78 Å². The Morgan fingerprint density at radius 1 is 1.00 bits per heavy atom. The van der Waals surface area contributed by atoms with Gasteiger partial charge >= 0.3 is 0 Å². The Bertz CT molecular complexity index is 541. The van der Waals surface area contributed by atoms with Crippen molar-refractivity contribution in [2.75, 3.05) is 5.73 Å². The summed E-state index contributed by atoms with van der Waals surface area (Å²) >= 11 is 0. The smallest absolute Gasteiger partial charge is 0.128 e. The molecule has 2 aromatic rings. The zero-order valence-electron chi connectivity index (χ0n) is 9.03. The van der Waals surface area contributed by atoms with E-state index < -0.39 is 17.7 Å². The van der Waals surface area contributed by atoms with E-state index in [-0.39, 0.29) is 5.56 Å². The normalized spacial score (nSPS) is 12.4. The second-order valence-corrected chi connectivity index (χ2v) is 3.81. The van der Waals surface area contributed by atoms with Crippen LogP contribution in [0.5, 0.6) is 0 Å². The number of hydrogen-bond donors (Lipinski definition) is 2. The van der Waals surface area contributed by atoms with Gasteiger partial charge in [-0.15, -0.1) is 0 Å². The molecule has 0 bridgehead atoms. The first kappa shape index (κ1) is 11.5. The van der Waals surface area contributed by atoms with Crippen LogP contribution in [0.4, 0.5) is 14.5 Å². The highest BCUT2D eigenvalue weighted by molar-refractivity contribution is 5.44. The first-order chi connectivity index (χ1) is 8.08. The fraction of sp³-hybridized carbons (Fsp3) is 0.0769. The van der Waals surface area contributed by atoms with Crippen LogP contribution in [0.15, 0.2) is 42.5 Å². The largest absolute Gasteiger partial charge is 0.399 e. The lowest BCUT2D eigenvalue weighted by molar-refractivity contribution is 0.576. The molecule has 0 spiro atoms. The van der Waals surface area contributed by atoms with Crippen molar-refractivity contribution in [2.24, 2.45) is 5.73 Å². The standard InChI is InChI=1S/C13H12F2N2/c14-9-4-5-12(15)11(7-9)13(17)8-2-1-3-10(16)6-8/h1-7,13H,16-17H2. The molecule has 2 rings (SSSR count). The molecule has 4 heteroatoms. The van der Waals surface area contributed by atoms with Crippen LogP contribution in [0.1, 0.15) is 17.2 Å². The molecular weight excluding hydrogens is 222 g/mol. The molecule has 0 saturated heterocycles. The van der Waals surface area contributed by atoms with E-state index >= 15 is 0 Å². The Balaban J connectivity index is 2.43. The molecule has 1 atom stereocenters. The Hall–Kier alpha value is -1.94. The lowest BCUT2D eigenvalue weighted by Gasteiger charge is -2.14. The third-order valence-corrected chi connectivity index (χ3v) is 2.56. The van der Waals surface area contributed by atoms with E-state index in [1.54, 1.807) is 24.3 Å². The molecule has 0 fully saturated rings. The number of nitrogens with two attached hydrogens (primary N) is 2. The second kappa shape index (κ2) is 4.51. The molecule has 0 aliphatic rings. The zero-order valence-corrected chi connectivity index (χ0v) is 9.03. The van der Waals surface area contributed by atoms with Crippen molar-refractivity contribution in [1.29, 1.82) is 0 Å². The maximum absolute atomic E-state index is 13.5. The highest BCUT2D eigenvalue weighted by Crippen LogP contribution is 2.24. The molecule has 0 radical (unpaired) electrons. The summed E-state index contributed by atoms with van der Waals surface area (Å²) in [6.07, 6.45) is 0. The monoisotopic (exact) mass is 234 g/mol. The van der Waals surface area contributed by atoms with Crippen molar-refractivity contribution in [3.63, 3.8) is 0 Å². The quantitative estimate of drug-likeness (QED) is 0.785. The van der Waals surface area contributed by atoms with Crippen molar-refractivity contribution in [3.8, 4) is 0 Å². The number of halogens is 2. The second-order valence-electron chi connectivity index (χ2n) is 3.81. The minimum absolute atomic E-state index is 0.121. The molecule has 0 amide bonds. The van der Waals surface area contributed by atoms with Gasteiger partial charge in [0.05, 0.1) is 6.04 Å². The van der Waals surface area contributed by atoms with Crippen molar-refractivity contribution in [3.05, 3.63) is 65.2 Å². The first-order valence-electron chi connectivity index (χ1n) is 5.14. The minimum atomic E-state index is -0.728. The molecule has 2 aromatic carbocycles. The summed E-state index contributed by atoms with van der Waals surface area (Å²) < 4.78 is 26.6. The molecule has 2 nitrogen and oxygen atoms in total. The van der Waals surface area contributed by atoms with Gasteiger partial charge in [0.25, 0.3) is 0 Å². The molecule has 4 N–H and O–H groups in total. The van der Waals surface area contributed by atoms with Crippen LogP contribution in [-0.4, -0.2) is 0 Å². The molecule has 0 aliphatic carbocycles. The Morgan fingerprint density at radius 3 is 2.47 bits per heavy atom. The van der Waals surface area contributed by atoms with Crippen molar-refractivity contribution >= 4 is 5.69 Å². The van der Waals surface area contributed by atoms with Crippen molar-refractivity contribution in [2.45, 2.75) is 6.04 Å². The third kappa shape index (κ3) is 2.42. The van der Waals surface area contributed by atoms with Crippen molar-refractivity contribution in [1.82, 2.24) is 0 Å². The summed E-state index contributed by atoms with van der Waals surface area (Å²) in [5.41, 5.74) is 12.8. The number of anilines is 1. The zero-order chi connectivity index (χ0) is 12.4. The van der Waals surface area contributed by atoms with Crippen LogP contribution in [0, 0.1) is 11.6 Å². The van der Waals surface area contributed by atoms with Gasteiger partial charge in [-0.25, -0.2) is 8.78 Å². The van der Waals surface area contributed by atoms with E-state index in [4.69, 9.17) is 11.5 Å². The molecule has 1 unspecified atom stereocenters. The van der Waals surface area contributed by atoms with Gasteiger partial charge in [-0.3, -0.25) is 0 Å². The average Bonchev–Trinajstić information content (AvgIpc) is 2.31. The first-order valence-corrected chi connectivity index (χ1v) is 5.14. The molecule has 17 heavy (non-hydrogen) atoms. The summed E-state index contributed by atoms with van der Waals surface area (Å²) in [5.74, 6) is -1.04. The van der Waals surface area contributed by atoms with Gasteiger partial charge in [0.2, 0.25) is 0 Å². The SMILES string of the molecule is Nc1cccc(C(N)c2cc(F)ccc2F)c1. The molecule has 88 valence electrons. The summed E-state index contributed by atoms with van der Waals surface area (Å²) in [5, 5.41) is 0. The summed E-state index contributed by atoms with van der Waals surface area (Å²) in [4.78, 5) is 0. The third-order valence-electron chi connectivity index (χ3n) is 2.56. The van der Waals surface area contributed by atoms with Gasteiger partial charge < -0.3 is 11.5 Å². The van der Waals surface area contributed by atoms with Gasteiger partial charge in [-0.1, -0.05) is 12.1 Å². The van der Waals surface area contributed by atoms with Gasteiger partial charge in [0, 0.05) is 11.3 Å². The van der Waals surface area contributed by atoms with Gasteiger partial charge in [0.1, 0.15) is 11.6 Å². The van der Waals surface area contributed by atoms with Gasteiger partial charge in [-0.05, 0) is 35.9 Å². The van der Waals surface area contributed by atoms with Crippen LogP contribution in [0.3, 0.4) is 0 Å². The number of benzene rings is 2. The molecule has 0 aliphatic heterocycles. The van der Waals surface area contributed by atoms with Crippen molar-refractivity contribution < 1.29 is 8.78 Å². The van der Waals surface area contributed by atoms with Crippen LogP contribution >= 0.6 is 0 Å². The highest BCUT2D eigenvalue weighted by atomic mass is 19.1. The molecule has 0 saturated carbocycles. The maximum Gasteiger partial charge on any atom is 0.128 e. The summed E-state index contributed by atoms with van der Waals surface area (Å²) in [6, 6.07) is 9.31. The predicted molar refractivity (Wildman–Crippen MR) is 63.2 cm³/mol. The average molecular weight is 234 g/mol. The Morgan fingerprint density at radius 2 is 1.76 bits per heavy atom. The maximum atomic E-state index is 13.5. The predicted octanol–water partition coefficient (Wildman–Crippen LogP) is 2.60. The fourth-order valence-corrected chi connectivity index (χ4v) is 1.68. The topological polar surface area (TPSA) is 52.0 Å². The lowest BCUT2D eigenvalue weighted by atomic mass is 9.98. The number of hydrogen-bond acceptors (Lipinski definition) is 2. The molecule has 0 aromatic heterocycles. The van der Waals surface area contributed by atoms with E-state index in [0.717, 1.165) is 18.2 Å². The van der Waals surface area contributed by atoms with Gasteiger partial charge in [0.15, 0.2) is 0 Å². The number of rotatable bonds is 2. The molecule has 0 heterocycles. The van der Waals surface area contributed by atoms with E-state index in [1.807, 2.05) is 0 Å². The summed E-state index contributed by atoms with van der Waals surface area (Å²) in [6.45, 7) is 0. The van der Waals surface area contributed by atoms with Crippen LogP contribution in [0.25, 0.3) is 0 Å². The van der Waals surface area contributed by atoms with Crippen LogP contribution in [-0.2, 0) is 0 Å². The molecular formula is C13H12F2N2. The number of nitrogen functional groups attached to an aromatic ring is 1. The fourth-order valence-electron chi connectivity index (χ4n) is 1.68. The summed E-state index contributed by atoms with van der Waals surface area (Å²) in [7, 11) is 0. The Labute approximate surface area is 97.9 Å². The van der Waals surface area contributed by atoms with Crippen LogP contribution in [0.2, 0.25) is 0 Å². The van der Waals surface area contributed by atoms with Crippen LogP contribution < -0.4 is 11.5 Å². The van der Waals surface area contributed by atoms with E-state index in [0.29, 0.717) is 11.3 Å². The van der Waals surface area contributed by atoms with Gasteiger partial charge in [-0.2, -0.15) is 0 Å². The highest BCUT2D eigenvalue weighted by Gasteiger charge is 2.14. The van der Waals surface area contributed by atoms with E-state index in [1.165, 1.54) is 0 Å².